The van der Waals surface area contributed by atoms with Gasteiger partial charge in [0, 0.05) is 25.0 Å². The molecule has 0 spiro atoms. The van der Waals surface area contributed by atoms with Crippen molar-refractivity contribution in [2.75, 3.05) is 13.7 Å². The second kappa shape index (κ2) is 6.56. The monoisotopic (exact) mass is 272 g/mol. The maximum absolute atomic E-state index is 11.8. The Hall–Kier alpha value is -2.56. The molecule has 0 aliphatic rings. The smallest absolute Gasteiger partial charge is 0.256 e. The van der Waals surface area contributed by atoms with Gasteiger partial charge in [-0.1, -0.05) is 18.2 Å². The van der Waals surface area contributed by atoms with Crippen molar-refractivity contribution in [2.24, 2.45) is 0 Å². The lowest BCUT2D eigenvalue weighted by atomic mass is 10.1. The van der Waals surface area contributed by atoms with Crippen LogP contribution < -0.4 is 15.5 Å². The Kier molecular flexibility index (Phi) is 4.55. The summed E-state index contributed by atoms with van der Waals surface area (Å²) in [6, 6.07) is 8.96. The molecule has 1 aromatic carbocycles. The highest BCUT2D eigenvalue weighted by atomic mass is 16.5. The number of ether oxygens (including phenoxy) is 1. The Labute approximate surface area is 116 Å². The molecule has 5 nitrogen and oxygen atoms in total. The zero-order valence-electron chi connectivity index (χ0n) is 11.2. The van der Waals surface area contributed by atoms with Gasteiger partial charge in [-0.3, -0.25) is 9.59 Å². The van der Waals surface area contributed by atoms with E-state index in [1.54, 1.807) is 7.11 Å². The zero-order valence-corrected chi connectivity index (χ0v) is 11.2. The van der Waals surface area contributed by atoms with Gasteiger partial charge in [-0.25, -0.2) is 0 Å². The fourth-order valence-electron chi connectivity index (χ4n) is 1.91. The summed E-state index contributed by atoms with van der Waals surface area (Å²) < 4.78 is 5.24. The van der Waals surface area contributed by atoms with Crippen LogP contribution in [0.5, 0.6) is 5.75 Å². The lowest BCUT2D eigenvalue weighted by Crippen LogP contribution is -2.30. The largest absolute Gasteiger partial charge is 0.496 e. The second-order valence-electron chi connectivity index (χ2n) is 4.24. The third-order valence-corrected chi connectivity index (χ3v) is 2.94. The molecule has 0 bridgehead atoms. The predicted octanol–water partition coefficient (Wildman–Crippen LogP) is 1.36. The van der Waals surface area contributed by atoms with Gasteiger partial charge in [0.1, 0.15) is 11.3 Å². The number of amides is 1. The van der Waals surface area contributed by atoms with E-state index in [-0.39, 0.29) is 16.9 Å². The van der Waals surface area contributed by atoms with Crippen molar-refractivity contribution in [1.29, 1.82) is 0 Å². The summed E-state index contributed by atoms with van der Waals surface area (Å²) in [6.07, 6.45) is 3.54. The number of nitrogens with one attached hydrogen (secondary N) is 2. The number of hydrogen-bond acceptors (Lipinski definition) is 3. The summed E-state index contributed by atoms with van der Waals surface area (Å²) in [4.78, 5) is 26.1. The summed E-state index contributed by atoms with van der Waals surface area (Å²) in [5, 5.41) is 2.73. The third kappa shape index (κ3) is 3.26. The number of H-pyrrole nitrogens is 1. The minimum absolute atomic E-state index is 0.118. The lowest BCUT2D eigenvalue weighted by molar-refractivity contribution is 0.0952. The fourth-order valence-corrected chi connectivity index (χ4v) is 1.91. The number of pyridine rings is 1. The van der Waals surface area contributed by atoms with E-state index in [1.807, 2.05) is 24.3 Å². The molecule has 1 aromatic heterocycles. The average Bonchev–Trinajstić information content (AvgIpc) is 2.48. The number of benzene rings is 1. The van der Waals surface area contributed by atoms with Crippen LogP contribution in [0.3, 0.4) is 0 Å². The molecule has 1 heterocycles. The van der Waals surface area contributed by atoms with Crippen molar-refractivity contribution < 1.29 is 9.53 Å². The average molecular weight is 272 g/mol. The number of para-hydroxylation sites is 1. The van der Waals surface area contributed by atoms with Crippen LogP contribution in [0.15, 0.2) is 47.5 Å². The molecule has 5 heteroatoms. The second-order valence-corrected chi connectivity index (χ2v) is 4.24. The van der Waals surface area contributed by atoms with Crippen LogP contribution in [0, 0.1) is 0 Å². The van der Waals surface area contributed by atoms with Crippen LogP contribution in [0.2, 0.25) is 0 Å². The fraction of sp³-hybridized carbons (Fsp3) is 0.200. The molecular weight excluding hydrogens is 256 g/mol. The molecule has 0 atom stereocenters. The highest BCUT2D eigenvalue weighted by Gasteiger charge is 2.09. The molecule has 2 aromatic rings. The molecule has 1 amide bonds. The maximum atomic E-state index is 11.8. The van der Waals surface area contributed by atoms with Crippen LogP contribution in [0.1, 0.15) is 15.9 Å². The number of aromatic amines is 1. The van der Waals surface area contributed by atoms with Crippen molar-refractivity contribution in [1.82, 2.24) is 10.3 Å². The van der Waals surface area contributed by atoms with E-state index in [0.29, 0.717) is 13.0 Å². The van der Waals surface area contributed by atoms with Gasteiger partial charge in [-0.2, -0.15) is 0 Å². The highest BCUT2D eigenvalue weighted by Crippen LogP contribution is 2.17. The molecular formula is C15H16N2O3. The number of carbonyl (C=O) groups excluding carboxylic acids is 1. The molecule has 0 fully saturated rings. The number of carbonyl (C=O) groups is 1. The van der Waals surface area contributed by atoms with Gasteiger partial charge >= 0.3 is 0 Å². The molecule has 2 rings (SSSR count). The first-order valence-electron chi connectivity index (χ1n) is 6.29. The van der Waals surface area contributed by atoms with Gasteiger partial charge in [0.25, 0.3) is 5.91 Å². The molecule has 2 N–H and O–H groups in total. The van der Waals surface area contributed by atoms with Crippen molar-refractivity contribution in [3.8, 4) is 5.75 Å². The summed E-state index contributed by atoms with van der Waals surface area (Å²) in [5.41, 5.74) is 0.836. The highest BCUT2D eigenvalue weighted by molar-refractivity contribution is 5.93. The zero-order chi connectivity index (χ0) is 14.4. The third-order valence-electron chi connectivity index (χ3n) is 2.94. The van der Waals surface area contributed by atoms with E-state index in [1.165, 1.54) is 18.5 Å². The Morgan fingerprint density at radius 1 is 1.30 bits per heavy atom. The van der Waals surface area contributed by atoms with E-state index in [2.05, 4.69) is 10.3 Å². The molecule has 0 aliphatic heterocycles. The van der Waals surface area contributed by atoms with E-state index < -0.39 is 0 Å². The van der Waals surface area contributed by atoms with Crippen LogP contribution in [0.4, 0.5) is 0 Å². The quantitative estimate of drug-likeness (QED) is 0.863. The minimum Gasteiger partial charge on any atom is -0.496 e. The molecule has 0 saturated carbocycles. The number of methoxy groups -OCH3 is 1. The maximum Gasteiger partial charge on any atom is 0.256 e. The normalized spacial score (nSPS) is 10.1. The molecule has 0 radical (unpaired) electrons. The van der Waals surface area contributed by atoms with Gasteiger partial charge in [-0.05, 0) is 18.1 Å². The van der Waals surface area contributed by atoms with Crippen molar-refractivity contribution >= 4 is 5.91 Å². The van der Waals surface area contributed by atoms with Crippen molar-refractivity contribution in [3.63, 3.8) is 0 Å². The van der Waals surface area contributed by atoms with Gasteiger partial charge < -0.3 is 15.0 Å². The molecule has 20 heavy (non-hydrogen) atoms. The van der Waals surface area contributed by atoms with E-state index in [4.69, 9.17) is 4.74 Å². The first-order chi connectivity index (χ1) is 9.72. The van der Waals surface area contributed by atoms with Crippen LogP contribution >= 0.6 is 0 Å². The van der Waals surface area contributed by atoms with E-state index >= 15 is 0 Å². The molecule has 0 aliphatic carbocycles. The summed E-state index contributed by atoms with van der Waals surface area (Å²) in [7, 11) is 1.61. The Balaban J connectivity index is 1.95. The number of aromatic nitrogens is 1. The van der Waals surface area contributed by atoms with Gasteiger partial charge in [0.15, 0.2) is 5.43 Å². The van der Waals surface area contributed by atoms with Gasteiger partial charge in [0.05, 0.1) is 7.11 Å². The number of rotatable bonds is 5. The summed E-state index contributed by atoms with van der Waals surface area (Å²) in [5.74, 6) is 0.418. The standard InChI is InChI=1S/C15H16N2O3/c1-20-14-5-3-2-4-11(14)6-9-17-15(19)12-10-16-8-7-13(12)18/h2-5,7-8,10H,6,9H2,1H3,(H,16,18)(H,17,19). The van der Waals surface area contributed by atoms with Gasteiger partial charge in [0.2, 0.25) is 0 Å². The lowest BCUT2D eigenvalue weighted by Gasteiger charge is -2.08. The SMILES string of the molecule is COc1ccccc1CCNC(=O)c1c[nH]ccc1=O. The van der Waals surface area contributed by atoms with Crippen LogP contribution in [-0.4, -0.2) is 24.5 Å². The van der Waals surface area contributed by atoms with E-state index in [9.17, 15) is 9.59 Å². The first-order valence-corrected chi connectivity index (χ1v) is 6.29. The Morgan fingerprint density at radius 2 is 2.10 bits per heavy atom. The molecule has 0 unspecified atom stereocenters. The van der Waals surface area contributed by atoms with Crippen LogP contribution in [-0.2, 0) is 6.42 Å². The van der Waals surface area contributed by atoms with Gasteiger partial charge in [-0.15, -0.1) is 0 Å². The molecule has 104 valence electrons. The Bertz CT molecular complexity index is 649. The number of hydrogen-bond donors (Lipinski definition) is 2. The van der Waals surface area contributed by atoms with Crippen LogP contribution in [0.25, 0.3) is 0 Å². The first kappa shape index (κ1) is 13.9. The minimum atomic E-state index is -0.373. The predicted molar refractivity (Wildman–Crippen MR) is 76.1 cm³/mol. The van der Waals surface area contributed by atoms with Crippen molar-refractivity contribution in [2.45, 2.75) is 6.42 Å². The Morgan fingerprint density at radius 3 is 2.85 bits per heavy atom. The summed E-state index contributed by atoms with van der Waals surface area (Å²) >= 11 is 0. The summed E-state index contributed by atoms with van der Waals surface area (Å²) in [6.45, 7) is 0.438. The molecule has 0 saturated heterocycles. The van der Waals surface area contributed by atoms with E-state index in [0.717, 1.165) is 11.3 Å². The topological polar surface area (TPSA) is 71.2 Å². The van der Waals surface area contributed by atoms with Crippen molar-refractivity contribution in [3.05, 3.63) is 64.1 Å².